The highest BCUT2D eigenvalue weighted by molar-refractivity contribution is 5.96. The van der Waals surface area contributed by atoms with Crippen LogP contribution in [0.3, 0.4) is 0 Å². The van der Waals surface area contributed by atoms with Gasteiger partial charge >= 0.3 is 5.97 Å². The summed E-state index contributed by atoms with van der Waals surface area (Å²) >= 11 is 0. The monoisotopic (exact) mass is 244 g/mol. The molecule has 2 heteroatoms. The van der Waals surface area contributed by atoms with Crippen molar-refractivity contribution in [3.05, 3.63) is 41.0 Å². The van der Waals surface area contributed by atoms with Gasteiger partial charge in [0.25, 0.3) is 0 Å². The second-order valence-corrected chi connectivity index (χ2v) is 5.04. The highest BCUT2D eigenvalue weighted by atomic mass is 16.4. The molecule has 0 saturated carbocycles. The summed E-state index contributed by atoms with van der Waals surface area (Å²) < 4.78 is 0. The van der Waals surface area contributed by atoms with E-state index in [0.717, 1.165) is 36.8 Å². The smallest absolute Gasteiger partial charge is 0.331 e. The molecule has 0 aliphatic heterocycles. The van der Waals surface area contributed by atoms with E-state index in [1.165, 1.54) is 12.0 Å². The van der Waals surface area contributed by atoms with Gasteiger partial charge in [0, 0.05) is 5.57 Å². The first-order valence-electron chi connectivity index (χ1n) is 6.71. The molecule has 0 amide bonds. The maximum atomic E-state index is 11.4. The van der Waals surface area contributed by atoms with E-state index in [4.69, 9.17) is 0 Å². The summed E-state index contributed by atoms with van der Waals surface area (Å²) in [5, 5.41) is 9.38. The zero-order valence-electron chi connectivity index (χ0n) is 10.9. The summed E-state index contributed by atoms with van der Waals surface area (Å²) in [6.07, 6.45) is 6.06. The van der Waals surface area contributed by atoms with Gasteiger partial charge in [-0.05, 0) is 43.7 Å². The molecule has 0 radical (unpaired) electrons. The topological polar surface area (TPSA) is 37.3 Å². The molecule has 18 heavy (non-hydrogen) atoms. The normalized spacial score (nSPS) is 21.2. The molecular weight excluding hydrogens is 224 g/mol. The van der Waals surface area contributed by atoms with E-state index in [-0.39, 0.29) is 0 Å². The number of carbonyl (C=O) groups is 1. The summed E-state index contributed by atoms with van der Waals surface area (Å²) in [6.45, 7) is 2.05. The average Bonchev–Trinajstić information content (AvgIpc) is 2.30. The van der Waals surface area contributed by atoms with Gasteiger partial charge in [0.2, 0.25) is 0 Å². The van der Waals surface area contributed by atoms with Gasteiger partial charge in [-0.15, -0.1) is 0 Å². The summed E-state index contributed by atoms with van der Waals surface area (Å²) in [4.78, 5) is 11.4. The molecule has 2 rings (SSSR count). The first-order chi connectivity index (χ1) is 8.68. The van der Waals surface area contributed by atoms with Gasteiger partial charge in [0.15, 0.2) is 0 Å². The van der Waals surface area contributed by atoms with E-state index >= 15 is 0 Å². The van der Waals surface area contributed by atoms with Crippen molar-refractivity contribution in [1.29, 1.82) is 0 Å². The van der Waals surface area contributed by atoms with E-state index in [2.05, 4.69) is 31.2 Å². The van der Waals surface area contributed by atoms with Crippen LogP contribution >= 0.6 is 0 Å². The number of aryl methyl sites for hydroxylation is 1. The Balaban J connectivity index is 2.41. The first-order valence-corrected chi connectivity index (χ1v) is 6.71. The highest BCUT2D eigenvalue weighted by Gasteiger charge is 2.17. The molecular formula is C16H20O2. The van der Waals surface area contributed by atoms with Crippen LogP contribution in [0.15, 0.2) is 29.8 Å². The van der Waals surface area contributed by atoms with Crippen molar-refractivity contribution in [2.75, 3.05) is 0 Å². The van der Waals surface area contributed by atoms with Crippen LogP contribution in [-0.2, 0) is 4.79 Å². The molecule has 0 heterocycles. The van der Waals surface area contributed by atoms with Crippen LogP contribution in [0.5, 0.6) is 0 Å². The molecule has 0 fully saturated rings. The van der Waals surface area contributed by atoms with Crippen LogP contribution in [0.1, 0.15) is 49.7 Å². The number of hydrogen-bond acceptors (Lipinski definition) is 1. The van der Waals surface area contributed by atoms with Crippen molar-refractivity contribution in [3.63, 3.8) is 0 Å². The third-order valence-corrected chi connectivity index (χ3v) is 3.63. The van der Waals surface area contributed by atoms with Gasteiger partial charge < -0.3 is 5.11 Å². The lowest BCUT2D eigenvalue weighted by atomic mass is 9.89. The van der Waals surface area contributed by atoms with Crippen LogP contribution < -0.4 is 0 Å². The Hall–Kier alpha value is -1.57. The lowest BCUT2D eigenvalue weighted by molar-refractivity contribution is -0.132. The molecule has 0 spiro atoms. The maximum Gasteiger partial charge on any atom is 0.331 e. The van der Waals surface area contributed by atoms with Gasteiger partial charge in [0.05, 0.1) is 0 Å². The molecule has 0 aromatic heterocycles. The minimum atomic E-state index is -0.743. The zero-order chi connectivity index (χ0) is 13.0. The Morgan fingerprint density at radius 1 is 1.00 bits per heavy atom. The predicted molar refractivity (Wildman–Crippen MR) is 73.4 cm³/mol. The summed E-state index contributed by atoms with van der Waals surface area (Å²) in [7, 11) is 0. The van der Waals surface area contributed by atoms with Gasteiger partial charge in [-0.25, -0.2) is 4.79 Å². The fourth-order valence-electron chi connectivity index (χ4n) is 2.57. The van der Waals surface area contributed by atoms with Crippen LogP contribution in [-0.4, -0.2) is 11.1 Å². The SMILES string of the molecule is Cc1ccc(/C2=C(\C(=O)O)CCCCCC2)cc1. The molecule has 1 aromatic rings. The Morgan fingerprint density at radius 2 is 1.61 bits per heavy atom. The van der Waals surface area contributed by atoms with E-state index in [0.29, 0.717) is 12.0 Å². The molecule has 1 N–H and O–H groups in total. The van der Waals surface area contributed by atoms with Crippen molar-refractivity contribution < 1.29 is 9.90 Å². The van der Waals surface area contributed by atoms with Crippen molar-refractivity contribution in [2.24, 2.45) is 0 Å². The number of aliphatic carboxylic acids is 1. The second kappa shape index (κ2) is 5.85. The van der Waals surface area contributed by atoms with E-state index < -0.39 is 5.97 Å². The molecule has 2 nitrogen and oxygen atoms in total. The third kappa shape index (κ3) is 3.00. The minimum absolute atomic E-state index is 0.624. The van der Waals surface area contributed by atoms with Crippen molar-refractivity contribution in [1.82, 2.24) is 0 Å². The molecule has 0 saturated heterocycles. The molecule has 96 valence electrons. The highest BCUT2D eigenvalue weighted by Crippen LogP contribution is 2.30. The van der Waals surface area contributed by atoms with Gasteiger partial charge in [-0.3, -0.25) is 0 Å². The van der Waals surface area contributed by atoms with E-state index in [1.54, 1.807) is 0 Å². The number of benzene rings is 1. The summed E-state index contributed by atoms with van der Waals surface area (Å²) in [5.74, 6) is -0.743. The van der Waals surface area contributed by atoms with Crippen LogP contribution in [0.4, 0.5) is 0 Å². The minimum Gasteiger partial charge on any atom is -0.478 e. The largest absolute Gasteiger partial charge is 0.478 e. The number of carboxylic acid groups (broad SMARTS) is 1. The van der Waals surface area contributed by atoms with Gasteiger partial charge in [-0.2, -0.15) is 0 Å². The molecule has 1 aliphatic carbocycles. The maximum absolute atomic E-state index is 11.4. The Morgan fingerprint density at radius 3 is 2.22 bits per heavy atom. The third-order valence-electron chi connectivity index (χ3n) is 3.63. The Kier molecular flexibility index (Phi) is 4.19. The fourth-order valence-corrected chi connectivity index (χ4v) is 2.57. The number of carboxylic acids is 1. The molecule has 0 atom stereocenters. The standard InChI is InChI=1S/C16H20O2/c1-12-8-10-13(11-9-12)14-6-4-2-3-5-7-15(14)16(17)18/h8-11H,2-7H2,1H3,(H,17,18)/b15-14-. The zero-order valence-corrected chi connectivity index (χ0v) is 10.9. The Bertz CT molecular complexity index is 454. The number of hydrogen-bond donors (Lipinski definition) is 1. The number of rotatable bonds is 2. The summed E-state index contributed by atoms with van der Waals surface area (Å²) in [5.41, 5.74) is 3.96. The van der Waals surface area contributed by atoms with Crippen LogP contribution in [0, 0.1) is 6.92 Å². The van der Waals surface area contributed by atoms with Crippen molar-refractivity contribution in [3.8, 4) is 0 Å². The lowest BCUT2D eigenvalue weighted by Gasteiger charge is -2.16. The molecule has 1 aliphatic rings. The lowest BCUT2D eigenvalue weighted by Crippen LogP contribution is -2.07. The van der Waals surface area contributed by atoms with E-state index in [9.17, 15) is 9.90 Å². The van der Waals surface area contributed by atoms with Gasteiger partial charge in [-0.1, -0.05) is 42.7 Å². The first kappa shape index (κ1) is 12.9. The summed E-state index contributed by atoms with van der Waals surface area (Å²) in [6, 6.07) is 8.21. The number of allylic oxidation sites excluding steroid dienone is 1. The quantitative estimate of drug-likeness (QED) is 0.847. The van der Waals surface area contributed by atoms with E-state index in [1.807, 2.05) is 0 Å². The van der Waals surface area contributed by atoms with Crippen LogP contribution in [0.25, 0.3) is 5.57 Å². The van der Waals surface area contributed by atoms with Crippen molar-refractivity contribution >= 4 is 11.5 Å². The molecule has 0 bridgehead atoms. The predicted octanol–water partition coefficient (Wildman–Crippen LogP) is 4.19. The van der Waals surface area contributed by atoms with Gasteiger partial charge in [0.1, 0.15) is 0 Å². The Labute approximate surface area is 108 Å². The van der Waals surface area contributed by atoms with Crippen molar-refractivity contribution in [2.45, 2.75) is 45.4 Å². The van der Waals surface area contributed by atoms with Crippen LogP contribution in [0.2, 0.25) is 0 Å². The second-order valence-electron chi connectivity index (χ2n) is 5.04. The molecule has 1 aromatic carbocycles. The average molecular weight is 244 g/mol. The molecule has 0 unspecified atom stereocenters. The fraction of sp³-hybridized carbons (Fsp3) is 0.438.